The van der Waals surface area contributed by atoms with Crippen LogP contribution < -0.4 is 11.1 Å². The van der Waals surface area contributed by atoms with E-state index in [-0.39, 0.29) is 5.91 Å². The lowest BCUT2D eigenvalue weighted by molar-refractivity contribution is 0.0827. The molecule has 4 nitrogen and oxygen atoms in total. The van der Waals surface area contributed by atoms with Gasteiger partial charge < -0.3 is 16.0 Å². The Morgan fingerprint density at radius 1 is 1.44 bits per heavy atom. The standard InChI is InChI=1S/C12H17N3O/c1-15(2)12(16)8-3-6-11(10(13)7-8)14-9-4-5-9/h3,6-7,9,14H,4-5,13H2,1-2H3. The highest BCUT2D eigenvalue weighted by Gasteiger charge is 2.21. The molecule has 3 N–H and O–H groups in total. The van der Waals surface area contributed by atoms with E-state index >= 15 is 0 Å². The van der Waals surface area contributed by atoms with Gasteiger partial charge in [0.05, 0.1) is 11.4 Å². The molecule has 1 fully saturated rings. The highest BCUT2D eigenvalue weighted by atomic mass is 16.2. The van der Waals surface area contributed by atoms with Crippen molar-refractivity contribution in [2.24, 2.45) is 0 Å². The van der Waals surface area contributed by atoms with E-state index in [1.54, 1.807) is 25.1 Å². The summed E-state index contributed by atoms with van der Waals surface area (Å²) in [4.78, 5) is 13.2. The Balaban J connectivity index is 2.17. The molecule has 0 aromatic heterocycles. The van der Waals surface area contributed by atoms with E-state index < -0.39 is 0 Å². The van der Waals surface area contributed by atoms with Gasteiger partial charge in [0.2, 0.25) is 0 Å². The van der Waals surface area contributed by atoms with E-state index in [1.165, 1.54) is 12.8 Å². The molecular formula is C12H17N3O. The summed E-state index contributed by atoms with van der Waals surface area (Å²) >= 11 is 0. The van der Waals surface area contributed by atoms with Gasteiger partial charge in [-0.3, -0.25) is 4.79 Å². The summed E-state index contributed by atoms with van der Waals surface area (Å²) in [5.41, 5.74) is 8.10. The molecule has 0 atom stereocenters. The second-order valence-electron chi connectivity index (χ2n) is 4.42. The Morgan fingerprint density at radius 3 is 2.62 bits per heavy atom. The van der Waals surface area contributed by atoms with Gasteiger partial charge in [-0.05, 0) is 31.0 Å². The topological polar surface area (TPSA) is 58.4 Å². The predicted molar refractivity (Wildman–Crippen MR) is 65.5 cm³/mol. The maximum atomic E-state index is 11.7. The lowest BCUT2D eigenvalue weighted by Gasteiger charge is -2.13. The molecular weight excluding hydrogens is 202 g/mol. The molecule has 1 amide bonds. The van der Waals surface area contributed by atoms with Crippen LogP contribution in [0.4, 0.5) is 11.4 Å². The van der Waals surface area contributed by atoms with Crippen LogP contribution in [0.5, 0.6) is 0 Å². The minimum atomic E-state index is -0.0235. The SMILES string of the molecule is CN(C)C(=O)c1ccc(NC2CC2)c(N)c1. The predicted octanol–water partition coefficient (Wildman–Crippen LogP) is 1.54. The zero-order valence-corrected chi connectivity index (χ0v) is 9.66. The van der Waals surface area contributed by atoms with Crippen LogP contribution in [0, 0.1) is 0 Å². The number of nitrogens with two attached hydrogens (primary N) is 1. The van der Waals surface area contributed by atoms with Gasteiger partial charge in [0.1, 0.15) is 0 Å². The van der Waals surface area contributed by atoms with E-state index in [0.29, 0.717) is 17.3 Å². The van der Waals surface area contributed by atoms with E-state index in [1.807, 2.05) is 12.1 Å². The molecule has 4 heteroatoms. The summed E-state index contributed by atoms with van der Waals surface area (Å²) < 4.78 is 0. The van der Waals surface area contributed by atoms with Gasteiger partial charge in [-0.2, -0.15) is 0 Å². The second kappa shape index (κ2) is 4.04. The molecule has 1 aromatic rings. The summed E-state index contributed by atoms with van der Waals surface area (Å²) in [5, 5.41) is 3.33. The van der Waals surface area contributed by atoms with Gasteiger partial charge in [-0.25, -0.2) is 0 Å². The highest BCUT2D eigenvalue weighted by Crippen LogP contribution is 2.28. The summed E-state index contributed by atoms with van der Waals surface area (Å²) in [6.45, 7) is 0. The quantitative estimate of drug-likeness (QED) is 0.758. The molecule has 2 rings (SSSR count). The third kappa shape index (κ3) is 2.27. The molecule has 86 valence electrons. The average Bonchev–Trinajstić information content (AvgIpc) is 3.03. The first kappa shape index (κ1) is 10.8. The number of benzene rings is 1. The molecule has 16 heavy (non-hydrogen) atoms. The Kier molecular flexibility index (Phi) is 2.73. The fourth-order valence-electron chi connectivity index (χ4n) is 1.53. The summed E-state index contributed by atoms with van der Waals surface area (Å²) in [7, 11) is 3.46. The van der Waals surface area contributed by atoms with E-state index in [9.17, 15) is 4.79 Å². The van der Waals surface area contributed by atoms with Crippen molar-refractivity contribution in [2.45, 2.75) is 18.9 Å². The number of hydrogen-bond acceptors (Lipinski definition) is 3. The van der Waals surface area contributed by atoms with Crippen LogP contribution in [0.3, 0.4) is 0 Å². The maximum absolute atomic E-state index is 11.7. The average molecular weight is 219 g/mol. The van der Waals surface area contributed by atoms with Crippen molar-refractivity contribution in [3.63, 3.8) is 0 Å². The first-order valence-corrected chi connectivity index (χ1v) is 5.45. The smallest absolute Gasteiger partial charge is 0.253 e. The summed E-state index contributed by atoms with van der Waals surface area (Å²) in [5.74, 6) is -0.0235. The lowest BCUT2D eigenvalue weighted by Crippen LogP contribution is -2.21. The zero-order chi connectivity index (χ0) is 11.7. The Bertz CT molecular complexity index is 411. The molecule has 0 bridgehead atoms. The molecule has 1 aliphatic carbocycles. The molecule has 0 unspecified atom stereocenters. The van der Waals surface area contributed by atoms with Gasteiger partial charge in [0, 0.05) is 25.7 Å². The molecule has 0 saturated heterocycles. The minimum Gasteiger partial charge on any atom is -0.397 e. The normalized spacial score (nSPS) is 14.6. The molecule has 1 aromatic carbocycles. The fourth-order valence-corrected chi connectivity index (χ4v) is 1.53. The third-order valence-electron chi connectivity index (χ3n) is 2.64. The third-order valence-corrected chi connectivity index (χ3v) is 2.64. The first-order chi connectivity index (χ1) is 7.58. The van der Waals surface area contributed by atoms with Crippen LogP contribution in [-0.2, 0) is 0 Å². The van der Waals surface area contributed by atoms with Crippen molar-refractivity contribution >= 4 is 17.3 Å². The fraction of sp³-hybridized carbons (Fsp3) is 0.417. The highest BCUT2D eigenvalue weighted by molar-refractivity contribution is 5.95. The number of hydrogen-bond donors (Lipinski definition) is 2. The summed E-state index contributed by atoms with van der Waals surface area (Å²) in [6.07, 6.45) is 2.41. The largest absolute Gasteiger partial charge is 0.397 e. The van der Waals surface area contributed by atoms with Crippen LogP contribution in [0.15, 0.2) is 18.2 Å². The number of rotatable bonds is 3. The molecule has 0 spiro atoms. The lowest BCUT2D eigenvalue weighted by atomic mass is 10.1. The second-order valence-corrected chi connectivity index (χ2v) is 4.42. The van der Waals surface area contributed by atoms with Crippen molar-refractivity contribution in [2.75, 3.05) is 25.1 Å². The number of nitrogens with zero attached hydrogens (tertiary/aromatic N) is 1. The van der Waals surface area contributed by atoms with Crippen LogP contribution in [0.2, 0.25) is 0 Å². The number of carbonyl (C=O) groups excluding carboxylic acids is 1. The zero-order valence-electron chi connectivity index (χ0n) is 9.66. The number of nitrogens with one attached hydrogen (secondary N) is 1. The van der Waals surface area contributed by atoms with E-state index in [2.05, 4.69) is 5.32 Å². The molecule has 0 aliphatic heterocycles. The number of amides is 1. The van der Waals surface area contributed by atoms with Crippen molar-refractivity contribution in [1.82, 2.24) is 4.90 Å². The van der Waals surface area contributed by atoms with E-state index in [0.717, 1.165) is 5.69 Å². The maximum Gasteiger partial charge on any atom is 0.253 e. The Hall–Kier alpha value is -1.71. The molecule has 0 radical (unpaired) electrons. The van der Waals surface area contributed by atoms with Gasteiger partial charge in [-0.1, -0.05) is 0 Å². The Labute approximate surface area is 95.4 Å². The van der Waals surface area contributed by atoms with Crippen molar-refractivity contribution in [1.29, 1.82) is 0 Å². The van der Waals surface area contributed by atoms with Gasteiger partial charge in [0.25, 0.3) is 5.91 Å². The van der Waals surface area contributed by atoms with Crippen molar-refractivity contribution < 1.29 is 4.79 Å². The van der Waals surface area contributed by atoms with Crippen LogP contribution in [-0.4, -0.2) is 30.9 Å². The molecule has 1 aliphatic rings. The number of anilines is 2. The van der Waals surface area contributed by atoms with E-state index in [4.69, 9.17) is 5.73 Å². The molecule has 0 heterocycles. The van der Waals surface area contributed by atoms with Gasteiger partial charge in [0.15, 0.2) is 0 Å². The van der Waals surface area contributed by atoms with Crippen LogP contribution in [0.1, 0.15) is 23.2 Å². The van der Waals surface area contributed by atoms with Gasteiger partial charge >= 0.3 is 0 Å². The number of nitrogen functional groups attached to an aromatic ring is 1. The molecule has 1 saturated carbocycles. The van der Waals surface area contributed by atoms with Crippen LogP contribution >= 0.6 is 0 Å². The first-order valence-electron chi connectivity index (χ1n) is 5.45. The minimum absolute atomic E-state index is 0.0235. The number of carbonyl (C=O) groups is 1. The van der Waals surface area contributed by atoms with Crippen molar-refractivity contribution in [3.05, 3.63) is 23.8 Å². The van der Waals surface area contributed by atoms with Gasteiger partial charge in [-0.15, -0.1) is 0 Å². The Morgan fingerprint density at radius 2 is 2.12 bits per heavy atom. The van der Waals surface area contributed by atoms with Crippen molar-refractivity contribution in [3.8, 4) is 0 Å². The summed E-state index contributed by atoms with van der Waals surface area (Å²) in [6, 6.07) is 5.98. The van der Waals surface area contributed by atoms with Crippen LogP contribution in [0.25, 0.3) is 0 Å². The monoisotopic (exact) mass is 219 g/mol.